The van der Waals surface area contributed by atoms with Gasteiger partial charge >= 0.3 is 0 Å². The van der Waals surface area contributed by atoms with E-state index in [0.717, 1.165) is 11.3 Å². The Hall–Kier alpha value is -2.39. The lowest BCUT2D eigenvalue weighted by Crippen LogP contribution is -2.30. The molecular weight excluding hydrogens is 328 g/mol. The van der Waals surface area contributed by atoms with Crippen molar-refractivity contribution in [2.24, 2.45) is 5.73 Å². The van der Waals surface area contributed by atoms with E-state index < -0.39 is 21.8 Å². The van der Waals surface area contributed by atoms with E-state index in [4.69, 9.17) is 10.5 Å². The summed E-state index contributed by atoms with van der Waals surface area (Å²) in [5.74, 6) is -1.21. The number of rotatable bonds is 6. The summed E-state index contributed by atoms with van der Waals surface area (Å²) >= 11 is 1.00. The maximum atomic E-state index is 12.0. The SMILES string of the molecule is NC(=O)COc1cccc(C(=O)NS(=O)(=O)c2cccs2)c1. The van der Waals surface area contributed by atoms with Gasteiger partial charge in [-0.1, -0.05) is 12.1 Å². The van der Waals surface area contributed by atoms with Gasteiger partial charge in [0.15, 0.2) is 6.61 Å². The molecule has 0 aliphatic rings. The highest BCUT2D eigenvalue weighted by molar-refractivity contribution is 7.92. The van der Waals surface area contributed by atoms with Gasteiger partial charge in [-0.15, -0.1) is 11.3 Å². The minimum atomic E-state index is -3.90. The summed E-state index contributed by atoms with van der Waals surface area (Å²) in [5.41, 5.74) is 5.04. The summed E-state index contributed by atoms with van der Waals surface area (Å²) in [6, 6.07) is 8.74. The molecule has 0 saturated carbocycles. The third-order valence-corrected chi connectivity index (χ3v) is 5.19. The van der Waals surface area contributed by atoms with Crippen LogP contribution in [0.1, 0.15) is 10.4 Å². The van der Waals surface area contributed by atoms with Gasteiger partial charge in [0.1, 0.15) is 9.96 Å². The Kier molecular flexibility index (Phi) is 4.78. The van der Waals surface area contributed by atoms with Gasteiger partial charge in [-0.3, -0.25) is 9.59 Å². The molecule has 7 nitrogen and oxygen atoms in total. The number of nitrogens with one attached hydrogen (secondary N) is 1. The van der Waals surface area contributed by atoms with Gasteiger partial charge in [0.05, 0.1) is 0 Å². The van der Waals surface area contributed by atoms with Crippen LogP contribution in [0, 0.1) is 0 Å². The average Bonchev–Trinajstić information content (AvgIpc) is 3.00. The first-order valence-corrected chi connectivity index (χ1v) is 8.36. The van der Waals surface area contributed by atoms with Crippen LogP contribution in [0.3, 0.4) is 0 Å². The molecule has 0 spiro atoms. The fraction of sp³-hybridized carbons (Fsp3) is 0.0769. The third kappa shape index (κ3) is 4.06. The van der Waals surface area contributed by atoms with Crippen molar-refractivity contribution < 1.29 is 22.7 Å². The fourth-order valence-corrected chi connectivity index (χ4v) is 3.50. The van der Waals surface area contributed by atoms with Gasteiger partial charge < -0.3 is 10.5 Å². The smallest absolute Gasteiger partial charge is 0.273 e. The highest BCUT2D eigenvalue weighted by Gasteiger charge is 2.19. The van der Waals surface area contributed by atoms with Crippen LogP contribution in [-0.2, 0) is 14.8 Å². The first-order valence-electron chi connectivity index (χ1n) is 6.00. The summed E-state index contributed by atoms with van der Waals surface area (Å²) in [7, 11) is -3.90. The lowest BCUT2D eigenvalue weighted by molar-refractivity contribution is -0.119. The second-order valence-corrected chi connectivity index (χ2v) is 7.01. The molecule has 2 rings (SSSR count). The lowest BCUT2D eigenvalue weighted by atomic mass is 10.2. The predicted octanol–water partition coefficient (Wildman–Crippen LogP) is 0.731. The second-order valence-electron chi connectivity index (χ2n) is 4.15. The number of carbonyl (C=O) groups excluding carboxylic acids is 2. The number of nitrogens with two attached hydrogens (primary N) is 1. The largest absolute Gasteiger partial charge is 0.484 e. The second kappa shape index (κ2) is 6.58. The molecule has 1 aromatic heterocycles. The number of benzene rings is 1. The van der Waals surface area contributed by atoms with Gasteiger partial charge in [-0.2, -0.15) is 0 Å². The molecule has 1 heterocycles. The third-order valence-electron chi connectivity index (χ3n) is 2.46. The number of primary amides is 1. The van der Waals surface area contributed by atoms with E-state index in [0.29, 0.717) is 0 Å². The number of thiophene rings is 1. The summed E-state index contributed by atoms with van der Waals surface area (Å²) in [6.45, 7) is -0.335. The van der Waals surface area contributed by atoms with Crippen LogP contribution in [-0.4, -0.2) is 26.8 Å². The summed E-state index contributed by atoms with van der Waals surface area (Å²) in [4.78, 5) is 22.7. The lowest BCUT2D eigenvalue weighted by Gasteiger charge is -2.07. The van der Waals surface area contributed by atoms with E-state index in [9.17, 15) is 18.0 Å². The highest BCUT2D eigenvalue weighted by atomic mass is 32.2. The van der Waals surface area contributed by atoms with Gasteiger partial charge in [-0.05, 0) is 29.6 Å². The zero-order valence-electron chi connectivity index (χ0n) is 11.2. The van der Waals surface area contributed by atoms with Crippen LogP contribution in [0.4, 0.5) is 0 Å². The standard InChI is InChI=1S/C13H12N2O5S2/c14-11(16)8-20-10-4-1-3-9(7-10)13(17)15-22(18,19)12-5-2-6-21-12/h1-7H,8H2,(H2,14,16)(H,15,17). The van der Waals surface area contributed by atoms with Crippen LogP contribution in [0.15, 0.2) is 46.0 Å². The van der Waals surface area contributed by atoms with E-state index in [-0.39, 0.29) is 22.1 Å². The van der Waals surface area contributed by atoms with Crippen molar-refractivity contribution in [1.29, 1.82) is 0 Å². The number of sulfonamides is 1. The average molecular weight is 340 g/mol. The fourth-order valence-electron chi connectivity index (χ4n) is 1.53. The molecule has 2 amide bonds. The van der Waals surface area contributed by atoms with Crippen molar-refractivity contribution in [3.8, 4) is 5.75 Å². The minimum absolute atomic E-state index is 0.0435. The van der Waals surface area contributed by atoms with Crippen LogP contribution >= 0.6 is 11.3 Å². The molecule has 3 N–H and O–H groups in total. The van der Waals surface area contributed by atoms with Crippen molar-refractivity contribution in [2.45, 2.75) is 4.21 Å². The molecule has 0 aliphatic heterocycles. The molecular formula is C13H12N2O5S2. The minimum Gasteiger partial charge on any atom is -0.484 e. The number of carbonyl (C=O) groups is 2. The predicted molar refractivity (Wildman–Crippen MR) is 80.1 cm³/mol. The van der Waals surface area contributed by atoms with Crippen molar-refractivity contribution in [3.63, 3.8) is 0 Å². The number of hydrogen-bond acceptors (Lipinski definition) is 6. The Bertz CT molecular complexity index is 785. The number of ether oxygens (including phenoxy) is 1. The monoisotopic (exact) mass is 340 g/mol. The molecule has 0 unspecified atom stereocenters. The number of amides is 2. The molecule has 9 heteroatoms. The van der Waals surface area contributed by atoms with Gasteiger partial charge in [0, 0.05) is 5.56 Å². The van der Waals surface area contributed by atoms with Gasteiger partial charge in [0.25, 0.3) is 21.8 Å². The van der Waals surface area contributed by atoms with E-state index >= 15 is 0 Å². The summed E-state index contributed by atoms with van der Waals surface area (Å²) in [6.07, 6.45) is 0. The molecule has 0 aliphatic carbocycles. The van der Waals surface area contributed by atoms with E-state index in [1.54, 1.807) is 11.4 Å². The molecule has 0 saturated heterocycles. The van der Waals surface area contributed by atoms with Crippen LogP contribution in [0.25, 0.3) is 0 Å². The van der Waals surface area contributed by atoms with Crippen molar-refractivity contribution in [2.75, 3.05) is 6.61 Å². The quantitative estimate of drug-likeness (QED) is 0.804. The van der Waals surface area contributed by atoms with E-state index in [1.807, 2.05) is 4.72 Å². The Morgan fingerprint density at radius 3 is 2.64 bits per heavy atom. The van der Waals surface area contributed by atoms with E-state index in [1.165, 1.54) is 30.3 Å². The summed E-state index contributed by atoms with van der Waals surface area (Å²) < 4.78 is 31.0. The number of hydrogen-bond donors (Lipinski definition) is 2. The molecule has 2 aromatic rings. The van der Waals surface area contributed by atoms with Crippen molar-refractivity contribution in [3.05, 3.63) is 47.3 Å². The van der Waals surface area contributed by atoms with Crippen molar-refractivity contribution >= 4 is 33.2 Å². The molecule has 0 bridgehead atoms. The zero-order chi connectivity index (χ0) is 16.2. The molecule has 0 atom stereocenters. The Balaban J connectivity index is 2.13. The van der Waals surface area contributed by atoms with Gasteiger partial charge in [0.2, 0.25) is 0 Å². The molecule has 22 heavy (non-hydrogen) atoms. The van der Waals surface area contributed by atoms with Crippen LogP contribution in [0.2, 0.25) is 0 Å². The molecule has 0 fully saturated rings. The first-order chi connectivity index (χ1) is 10.4. The maximum Gasteiger partial charge on any atom is 0.273 e. The Labute approximate surface area is 130 Å². The van der Waals surface area contributed by atoms with Crippen molar-refractivity contribution in [1.82, 2.24) is 4.72 Å². The van der Waals surface area contributed by atoms with Crippen LogP contribution in [0.5, 0.6) is 5.75 Å². The topological polar surface area (TPSA) is 116 Å². The summed E-state index contributed by atoms with van der Waals surface area (Å²) in [5, 5.41) is 1.59. The maximum absolute atomic E-state index is 12.0. The van der Waals surface area contributed by atoms with E-state index in [2.05, 4.69) is 0 Å². The molecule has 0 radical (unpaired) electrons. The highest BCUT2D eigenvalue weighted by Crippen LogP contribution is 2.17. The Morgan fingerprint density at radius 1 is 1.23 bits per heavy atom. The zero-order valence-corrected chi connectivity index (χ0v) is 12.8. The normalized spacial score (nSPS) is 10.9. The first kappa shape index (κ1) is 16.0. The van der Waals surface area contributed by atoms with Gasteiger partial charge in [-0.25, -0.2) is 13.1 Å². The van der Waals surface area contributed by atoms with Crippen LogP contribution < -0.4 is 15.2 Å². The molecule has 1 aromatic carbocycles. The Morgan fingerprint density at radius 2 is 2.00 bits per heavy atom. The molecule has 116 valence electrons.